The van der Waals surface area contributed by atoms with E-state index in [4.69, 9.17) is 5.26 Å². The molecule has 0 fully saturated rings. The van der Waals surface area contributed by atoms with Gasteiger partial charge in [-0.15, -0.1) is 0 Å². The van der Waals surface area contributed by atoms with Crippen LogP contribution in [0, 0.1) is 11.3 Å². The minimum atomic E-state index is -0.0993. The van der Waals surface area contributed by atoms with Crippen LogP contribution in [0.1, 0.15) is 10.4 Å². The smallest absolute Gasteiger partial charge is 0.255 e. The zero-order chi connectivity index (χ0) is 8.97. The van der Waals surface area contributed by atoms with E-state index in [2.05, 4.69) is 0 Å². The van der Waals surface area contributed by atoms with E-state index < -0.39 is 0 Å². The molecule has 0 aliphatic heterocycles. The van der Waals surface area contributed by atoms with Gasteiger partial charge in [0.15, 0.2) is 0 Å². The zero-order valence-corrected chi connectivity index (χ0v) is 7.47. The van der Waals surface area contributed by atoms with Crippen molar-refractivity contribution in [2.45, 2.75) is 0 Å². The summed E-state index contributed by atoms with van der Waals surface area (Å²) in [7, 11) is 1.61. The summed E-state index contributed by atoms with van der Waals surface area (Å²) < 4.78 is 0. The molecule has 4 heteroatoms. The Balaban J connectivity index is 2.67. The van der Waals surface area contributed by atoms with Crippen molar-refractivity contribution in [3.05, 3.63) is 22.4 Å². The topological polar surface area (TPSA) is 44.1 Å². The number of amides is 1. The van der Waals surface area contributed by atoms with E-state index in [0.29, 0.717) is 5.56 Å². The van der Waals surface area contributed by atoms with Gasteiger partial charge in [0.2, 0.25) is 0 Å². The second-order valence-corrected chi connectivity index (χ2v) is 3.11. The Labute approximate surface area is 74.8 Å². The Hall–Kier alpha value is -1.34. The van der Waals surface area contributed by atoms with Crippen LogP contribution >= 0.6 is 11.3 Å². The fourth-order valence-corrected chi connectivity index (χ4v) is 1.41. The molecule has 0 saturated heterocycles. The van der Waals surface area contributed by atoms with Crippen LogP contribution in [-0.2, 0) is 0 Å². The summed E-state index contributed by atoms with van der Waals surface area (Å²) in [4.78, 5) is 12.8. The van der Waals surface area contributed by atoms with E-state index in [-0.39, 0.29) is 12.5 Å². The maximum atomic E-state index is 11.4. The first-order valence-electron chi connectivity index (χ1n) is 3.40. The molecule has 0 unspecified atom stereocenters. The lowest BCUT2D eigenvalue weighted by molar-refractivity contribution is 0.0812. The summed E-state index contributed by atoms with van der Waals surface area (Å²) in [5.74, 6) is -0.0993. The van der Waals surface area contributed by atoms with E-state index in [0.717, 1.165) is 0 Å². The van der Waals surface area contributed by atoms with Crippen molar-refractivity contribution in [2.24, 2.45) is 0 Å². The van der Waals surface area contributed by atoms with E-state index in [1.54, 1.807) is 18.5 Å². The largest absolute Gasteiger partial charge is 0.328 e. The third kappa shape index (κ3) is 1.83. The van der Waals surface area contributed by atoms with Crippen molar-refractivity contribution in [2.75, 3.05) is 13.6 Å². The lowest BCUT2D eigenvalue weighted by Gasteiger charge is -2.10. The molecule has 0 saturated carbocycles. The normalized spacial score (nSPS) is 9.00. The maximum Gasteiger partial charge on any atom is 0.255 e. The first-order valence-corrected chi connectivity index (χ1v) is 4.34. The number of carbonyl (C=O) groups excluding carboxylic acids is 1. The molecule has 0 aliphatic carbocycles. The van der Waals surface area contributed by atoms with Crippen LogP contribution in [0.3, 0.4) is 0 Å². The Bertz CT molecular complexity index is 299. The van der Waals surface area contributed by atoms with Gasteiger partial charge in [0.1, 0.15) is 6.54 Å². The molecule has 1 aromatic rings. The molecule has 1 rings (SSSR count). The van der Waals surface area contributed by atoms with Gasteiger partial charge in [0, 0.05) is 12.4 Å². The number of hydrogen-bond donors (Lipinski definition) is 0. The number of rotatable bonds is 2. The molecule has 0 aromatic carbocycles. The van der Waals surface area contributed by atoms with Crippen LogP contribution in [0.15, 0.2) is 16.8 Å². The molecule has 62 valence electrons. The SMILES string of the molecule is CN(CC#N)C(=O)c1ccsc1. The molecule has 12 heavy (non-hydrogen) atoms. The van der Waals surface area contributed by atoms with Gasteiger partial charge < -0.3 is 4.90 Å². The molecule has 3 nitrogen and oxygen atoms in total. The van der Waals surface area contributed by atoms with Gasteiger partial charge in [-0.1, -0.05) is 0 Å². The van der Waals surface area contributed by atoms with Crippen molar-refractivity contribution in [1.82, 2.24) is 4.90 Å². The molecule has 1 aromatic heterocycles. The highest BCUT2D eigenvalue weighted by Gasteiger charge is 2.10. The predicted octanol–water partition coefficient (Wildman–Crippen LogP) is 1.34. The first kappa shape index (κ1) is 8.75. The van der Waals surface area contributed by atoms with Crippen LogP contribution in [0.2, 0.25) is 0 Å². The van der Waals surface area contributed by atoms with Gasteiger partial charge in [-0.05, 0) is 11.4 Å². The second kappa shape index (κ2) is 3.88. The van der Waals surface area contributed by atoms with Crippen LogP contribution in [-0.4, -0.2) is 24.4 Å². The van der Waals surface area contributed by atoms with Crippen LogP contribution in [0.4, 0.5) is 0 Å². The average Bonchev–Trinajstić information content (AvgIpc) is 2.55. The van der Waals surface area contributed by atoms with Gasteiger partial charge in [-0.3, -0.25) is 4.79 Å². The fourth-order valence-electron chi connectivity index (χ4n) is 0.784. The lowest BCUT2D eigenvalue weighted by atomic mass is 10.3. The first-order chi connectivity index (χ1) is 5.75. The van der Waals surface area contributed by atoms with Gasteiger partial charge in [0.05, 0.1) is 11.6 Å². The highest BCUT2D eigenvalue weighted by atomic mass is 32.1. The van der Waals surface area contributed by atoms with Crippen LogP contribution in [0.5, 0.6) is 0 Å². The second-order valence-electron chi connectivity index (χ2n) is 2.33. The molecule has 0 radical (unpaired) electrons. The molecule has 0 N–H and O–H groups in total. The van der Waals surface area contributed by atoms with Gasteiger partial charge >= 0.3 is 0 Å². The van der Waals surface area contributed by atoms with Crippen LogP contribution in [0.25, 0.3) is 0 Å². The third-order valence-corrected chi connectivity index (χ3v) is 2.11. The summed E-state index contributed by atoms with van der Waals surface area (Å²) >= 11 is 1.47. The highest BCUT2D eigenvalue weighted by molar-refractivity contribution is 7.08. The number of thiophene rings is 1. The molecule has 0 atom stereocenters. The Morgan fingerprint density at radius 3 is 3.08 bits per heavy atom. The zero-order valence-electron chi connectivity index (χ0n) is 6.65. The number of carbonyl (C=O) groups is 1. The molecule has 1 heterocycles. The summed E-state index contributed by atoms with van der Waals surface area (Å²) in [6, 6.07) is 3.67. The Kier molecular flexibility index (Phi) is 2.83. The maximum absolute atomic E-state index is 11.4. The third-order valence-electron chi connectivity index (χ3n) is 1.42. The summed E-state index contributed by atoms with van der Waals surface area (Å²) in [6.07, 6.45) is 0. The monoisotopic (exact) mass is 180 g/mol. The lowest BCUT2D eigenvalue weighted by Crippen LogP contribution is -2.26. The van der Waals surface area contributed by atoms with Crippen molar-refractivity contribution in [1.29, 1.82) is 5.26 Å². The molecule has 1 amide bonds. The number of nitrogens with zero attached hydrogens (tertiary/aromatic N) is 2. The Morgan fingerprint density at radius 1 is 1.83 bits per heavy atom. The predicted molar refractivity (Wildman–Crippen MR) is 46.9 cm³/mol. The van der Waals surface area contributed by atoms with E-state index in [1.165, 1.54) is 16.2 Å². The molecule has 0 spiro atoms. The van der Waals surface area contributed by atoms with Crippen molar-refractivity contribution >= 4 is 17.2 Å². The summed E-state index contributed by atoms with van der Waals surface area (Å²) in [5, 5.41) is 12.0. The van der Waals surface area contributed by atoms with Gasteiger partial charge in [-0.2, -0.15) is 16.6 Å². The number of hydrogen-bond acceptors (Lipinski definition) is 3. The van der Waals surface area contributed by atoms with Gasteiger partial charge in [0.25, 0.3) is 5.91 Å². The highest BCUT2D eigenvalue weighted by Crippen LogP contribution is 2.07. The standard InChI is InChI=1S/C8H8N2OS/c1-10(4-3-9)8(11)7-2-5-12-6-7/h2,5-6H,4H2,1H3. The van der Waals surface area contributed by atoms with Crippen molar-refractivity contribution in [3.8, 4) is 6.07 Å². The average molecular weight is 180 g/mol. The summed E-state index contributed by atoms with van der Waals surface area (Å²) in [5.41, 5.74) is 0.651. The van der Waals surface area contributed by atoms with Crippen LogP contribution < -0.4 is 0 Å². The van der Waals surface area contributed by atoms with Crippen molar-refractivity contribution < 1.29 is 4.79 Å². The van der Waals surface area contributed by atoms with Gasteiger partial charge in [-0.25, -0.2) is 0 Å². The number of nitriles is 1. The quantitative estimate of drug-likeness (QED) is 0.645. The fraction of sp³-hybridized carbons (Fsp3) is 0.250. The summed E-state index contributed by atoms with van der Waals surface area (Å²) in [6.45, 7) is 0.134. The minimum absolute atomic E-state index is 0.0993. The van der Waals surface area contributed by atoms with E-state index in [9.17, 15) is 4.79 Å². The van der Waals surface area contributed by atoms with E-state index >= 15 is 0 Å². The minimum Gasteiger partial charge on any atom is -0.328 e. The molecular formula is C8H8N2OS. The van der Waals surface area contributed by atoms with E-state index in [1.807, 2.05) is 11.4 Å². The molecular weight excluding hydrogens is 172 g/mol. The molecule has 0 aliphatic rings. The van der Waals surface area contributed by atoms with Crippen molar-refractivity contribution in [3.63, 3.8) is 0 Å². The molecule has 0 bridgehead atoms. The Morgan fingerprint density at radius 2 is 2.58 bits per heavy atom.